The molecule has 3 aromatic heterocycles. The summed E-state index contributed by atoms with van der Waals surface area (Å²) in [6.45, 7) is 6.51. The molecule has 0 bridgehead atoms. The molecule has 10 heteroatoms. The van der Waals surface area contributed by atoms with Crippen LogP contribution in [0.3, 0.4) is 0 Å². The molecule has 4 heterocycles. The molecule has 1 saturated heterocycles. The van der Waals surface area contributed by atoms with Crippen LogP contribution in [0.4, 0.5) is 0 Å². The number of hydrogen-bond donors (Lipinski definition) is 0. The summed E-state index contributed by atoms with van der Waals surface area (Å²) < 4.78 is 17.3. The van der Waals surface area contributed by atoms with E-state index in [0.29, 0.717) is 49.8 Å². The molecule has 1 aromatic carbocycles. The number of fused-ring (bicyclic) bond motifs is 3. The van der Waals surface area contributed by atoms with Gasteiger partial charge in [0.2, 0.25) is 5.78 Å². The Kier molecular flexibility index (Phi) is 5.55. The van der Waals surface area contributed by atoms with E-state index in [1.165, 1.54) is 9.13 Å². The molecule has 5 rings (SSSR count). The van der Waals surface area contributed by atoms with Gasteiger partial charge in [-0.25, -0.2) is 4.79 Å². The van der Waals surface area contributed by atoms with Gasteiger partial charge in [-0.2, -0.15) is 4.98 Å². The lowest BCUT2D eigenvalue weighted by molar-refractivity contribution is 0.0361. The average Bonchev–Trinajstić information content (AvgIpc) is 3.34. The SMILES string of the molecule is COc1ccc(Cn2c(C)cn3c4c(=O)n(CCN5CCOCC5)c(=O)n(C)c4nc23)cc1. The number of aromatic nitrogens is 5. The first kappa shape index (κ1) is 21.5. The Morgan fingerprint density at radius 3 is 2.48 bits per heavy atom. The quantitative estimate of drug-likeness (QED) is 0.431. The van der Waals surface area contributed by atoms with Gasteiger partial charge in [-0.05, 0) is 24.6 Å². The molecule has 174 valence electrons. The van der Waals surface area contributed by atoms with Crippen LogP contribution >= 0.6 is 0 Å². The minimum atomic E-state index is -0.347. The third-order valence-electron chi connectivity index (χ3n) is 6.38. The zero-order valence-corrected chi connectivity index (χ0v) is 19.2. The summed E-state index contributed by atoms with van der Waals surface area (Å²) in [7, 11) is 3.31. The second-order valence-electron chi connectivity index (χ2n) is 8.41. The number of rotatable bonds is 6. The topological polar surface area (TPSA) is 87.9 Å². The van der Waals surface area contributed by atoms with Crippen molar-refractivity contribution in [1.82, 2.24) is 28.0 Å². The molecule has 0 amide bonds. The Morgan fingerprint density at radius 2 is 1.79 bits per heavy atom. The van der Waals surface area contributed by atoms with Crippen molar-refractivity contribution >= 4 is 16.9 Å². The summed E-state index contributed by atoms with van der Waals surface area (Å²) in [5.41, 5.74) is 2.22. The van der Waals surface area contributed by atoms with E-state index in [9.17, 15) is 9.59 Å². The second kappa shape index (κ2) is 8.53. The van der Waals surface area contributed by atoms with E-state index in [2.05, 4.69) is 4.90 Å². The fraction of sp³-hybridized carbons (Fsp3) is 0.435. The van der Waals surface area contributed by atoms with Crippen LogP contribution < -0.4 is 16.0 Å². The van der Waals surface area contributed by atoms with Crippen LogP contribution in [0.5, 0.6) is 5.75 Å². The minimum Gasteiger partial charge on any atom is -0.497 e. The molecular weight excluding hydrogens is 424 g/mol. The molecule has 1 fully saturated rings. The van der Waals surface area contributed by atoms with Crippen molar-refractivity contribution in [3.05, 3.63) is 62.6 Å². The van der Waals surface area contributed by atoms with Gasteiger partial charge < -0.3 is 14.0 Å². The number of aryl methyl sites for hydroxylation is 2. The molecule has 0 spiro atoms. The average molecular weight is 453 g/mol. The van der Waals surface area contributed by atoms with Crippen LogP contribution in [0.1, 0.15) is 11.3 Å². The van der Waals surface area contributed by atoms with E-state index in [1.54, 1.807) is 18.6 Å². The highest BCUT2D eigenvalue weighted by atomic mass is 16.5. The van der Waals surface area contributed by atoms with Gasteiger partial charge in [-0.15, -0.1) is 0 Å². The van der Waals surface area contributed by atoms with Gasteiger partial charge in [0.25, 0.3) is 5.56 Å². The second-order valence-corrected chi connectivity index (χ2v) is 8.41. The maximum absolute atomic E-state index is 13.4. The largest absolute Gasteiger partial charge is 0.497 e. The van der Waals surface area contributed by atoms with Crippen molar-refractivity contribution in [3.63, 3.8) is 0 Å². The van der Waals surface area contributed by atoms with E-state index in [4.69, 9.17) is 14.5 Å². The lowest BCUT2D eigenvalue weighted by Crippen LogP contribution is -2.44. The van der Waals surface area contributed by atoms with Crippen LogP contribution in [-0.2, 0) is 24.9 Å². The van der Waals surface area contributed by atoms with Gasteiger partial charge in [0.05, 0.1) is 26.9 Å². The summed E-state index contributed by atoms with van der Waals surface area (Å²) in [5.74, 6) is 1.43. The van der Waals surface area contributed by atoms with Crippen molar-refractivity contribution in [2.75, 3.05) is 40.0 Å². The van der Waals surface area contributed by atoms with E-state index >= 15 is 0 Å². The van der Waals surface area contributed by atoms with Gasteiger partial charge in [0.15, 0.2) is 11.2 Å². The monoisotopic (exact) mass is 452 g/mol. The predicted molar refractivity (Wildman–Crippen MR) is 124 cm³/mol. The summed E-state index contributed by atoms with van der Waals surface area (Å²) in [6.07, 6.45) is 1.91. The number of ether oxygens (including phenoxy) is 2. The fourth-order valence-electron chi connectivity index (χ4n) is 4.43. The molecule has 0 aliphatic carbocycles. The van der Waals surface area contributed by atoms with Crippen LogP contribution in [0, 0.1) is 6.92 Å². The summed E-state index contributed by atoms with van der Waals surface area (Å²) in [6, 6.07) is 7.85. The van der Waals surface area contributed by atoms with Gasteiger partial charge >= 0.3 is 5.69 Å². The highest BCUT2D eigenvalue weighted by Gasteiger charge is 2.21. The highest BCUT2D eigenvalue weighted by Crippen LogP contribution is 2.19. The van der Waals surface area contributed by atoms with Crippen molar-refractivity contribution in [1.29, 1.82) is 0 Å². The predicted octanol–water partition coefficient (Wildman–Crippen LogP) is 0.847. The number of morpholine rings is 1. The first-order chi connectivity index (χ1) is 16.0. The first-order valence-electron chi connectivity index (χ1n) is 11.1. The number of hydrogen-bond acceptors (Lipinski definition) is 6. The molecule has 0 saturated carbocycles. The Bertz CT molecular complexity index is 1420. The van der Waals surface area contributed by atoms with Gasteiger partial charge in [-0.3, -0.25) is 23.2 Å². The standard InChI is InChI=1S/C23H28N6O4/c1-16-14-29-19-20(24-22(29)28(16)15-17-4-6-18(32-3)7-5-17)25(2)23(31)27(21(19)30)9-8-26-10-12-33-13-11-26/h4-7,14H,8-13,15H2,1-3H3. The lowest BCUT2D eigenvalue weighted by atomic mass is 10.2. The third kappa shape index (κ3) is 3.75. The van der Waals surface area contributed by atoms with Gasteiger partial charge in [0, 0.05) is 45.1 Å². The van der Waals surface area contributed by atoms with E-state index in [1.807, 2.05) is 42.0 Å². The Balaban J connectivity index is 1.56. The van der Waals surface area contributed by atoms with Gasteiger partial charge in [-0.1, -0.05) is 12.1 Å². The van der Waals surface area contributed by atoms with Crippen molar-refractivity contribution in [3.8, 4) is 5.75 Å². The normalized spacial score (nSPS) is 15.0. The van der Waals surface area contributed by atoms with E-state index in [0.717, 1.165) is 30.1 Å². The molecule has 33 heavy (non-hydrogen) atoms. The molecule has 0 radical (unpaired) electrons. The van der Waals surface area contributed by atoms with Crippen molar-refractivity contribution < 1.29 is 9.47 Å². The smallest absolute Gasteiger partial charge is 0.332 e. The van der Waals surface area contributed by atoms with Crippen molar-refractivity contribution in [2.24, 2.45) is 7.05 Å². The fourth-order valence-corrected chi connectivity index (χ4v) is 4.43. The molecule has 4 aromatic rings. The number of methoxy groups -OCH3 is 1. The summed E-state index contributed by atoms with van der Waals surface area (Å²) in [5, 5.41) is 0. The minimum absolute atomic E-state index is 0.310. The van der Waals surface area contributed by atoms with Gasteiger partial charge in [0.1, 0.15) is 5.75 Å². The first-order valence-corrected chi connectivity index (χ1v) is 11.1. The number of imidazole rings is 2. The summed E-state index contributed by atoms with van der Waals surface area (Å²) >= 11 is 0. The highest BCUT2D eigenvalue weighted by molar-refractivity contribution is 5.75. The molecule has 0 unspecified atom stereocenters. The van der Waals surface area contributed by atoms with E-state index in [-0.39, 0.29) is 11.2 Å². The zero-order valence-electron chi connectivity index (χ0n) is 19.2. The molecule has 0 atom stereocenters. The van der Waals surface area contributed by atoms with Crippen LogP contribution in [0.25, 0.3) is 16.9 Å². The van der Waals surface area contributed by atoms with Crippen LogP contribution in [-0.4, -0.2) is 67.9 Å². The Labute approximate surface area is 190 Å². The van der Waals surface area contributed by atoms with Crippen LogP contribution in [0.2, 0.25) is 0 Å². The van der Waals surface area contributed by atoms with E-state index < -0.39 is 0 Å². The molecule has 1 aliphatic heterocycles. The summed E-state index contributed by atoms with van der Waals surface area (Å²) in [4.78, 5) is 33.3. The van der Waals surface area contributed by atoms with Crippen molar-refractivity contribution in [2.45, 2.75) is 20.0 Å². The number of benzene rings is 1. The maximum Gasteiger partial charge on any atom is 0.332 e. The number of nitrogens with zero attached hydrogens (tertiary/aromatic N) is 6. The molecule has 10 nitrogen and oxygen atoms in total. The zero-order chi connectivity index (χ0) is 23.1. The Hall–Kier alpha value is -3.37. The molecular formula is C23H28N6O4. The maximum atomic E-state index is 13.4. The lowest BCUT2D eigenvalue weighted by Gasteiger charge is -2.26. The molecule has 1 aliphatic rings. The third-order valence-corrected chi connectivity index (χ3v) is 6.38. The van der Waals surface area contributed by atoms with Crippen LogP contribution in [0.15, 0.2) is 40.1 Å². The Morgan fingerprint density at radius 1 is 1.06 bits per heavy atom. The molecule has 0 N–H and O–H groups in total.